The Morgan fingerprint density at radius 2 is 2.15 bits per heavy atom. The summed E-state index contributed by atoms with van der Waals surface area (Å²) >= 11 is 4.53. The molecule has 4 nitrogen and oxygen atoms in total. The molecule has 0 amide bonds. The molecule has 2 N–H and O–H groups in total. The molecule has 0 unspecified atom stereocenters. The van der Waals surface area contributed by atoms with Crippen molar-refractivity contribution < 1.29 is 12.8 Å². The molecule has 0 fully saturated rings. The number of nitrogens with zero attached hydrogens (tertiary/aromatic N) is 1. The van der Waals surface area contributed by atoms with Crippen LogP contribution in [0.1, 0.15) is 4.88 Å². The average molecular weight is 379 g/mol. The predicted molar refractivity (Wildman–Crippen MR) is 81.5 cm³/mol. The van der Waals surface area contributed by atoms with E-state index in [-0.39, 0.29) is 21.6 Å². The molecule has 0 aliphatic heterocycles. The van der Waals surface area contributed by atoms with Crippen molar-refractivity contribution in [3.8, 4) is 0 Å². The van der Waals surface area contributed by atoms with E-state index in [2.05, 4.69) is 15.9 Å². The number of rotatable bonds is 4. The first-order valence-electron chi connectivity index (χ1n) is 5.55. The first-order chi connectivity index (χ1) is 9.32. The largest absolute Gasteiger partial charge is 0.396 e. The molecule has 8 heteroatoms. The van der Waals surface area contributed by atoms with E-state index in [1.807, 2.05) is 17.5 Å². The van der Waals surface area contributed by atoms with Gasteiger partial charge in [-0.05, 0) is 39.5 Å². The lowest BCUT2D eigenvalue weighted by Crippen LogP contribution is -2.26. The molecule has 2 aromatic rings. The van der Waals surface area contributed by atoms with Crippen LogP contribution in [0.15, 0.2) is 39.0 Å². The van der Waals surface area contributed by atoms with Crippen LogP contribution in [0.4, 0.5) is 10.1 Å². The number of sulfonamides is 1. The van der Waals surface area contributed by atoms with E-state index < -0.39 is 15.8 Å². The summed E-state index contributed by atoms with van der Waals surface area (Å²) in [5.41, 5.74) is 5.25. The first-order valence-corrected chi connectivity index (χ1v) is 8.67. The first kappa shape index (κ1) is 15.4. The van der Waals surface area contributed by atoms with Gasteiger partial charge in [0.1, 0.15) is 5.82 Å². The quantitative estimate of drug-likeness (QED) is 0.831. The number of thiophene rings is 1. The van der Waals surface area contributed by atoms with Gasteiger partial charge < -0.3 is 5.73 Å². The molecule has 1 heterocycles. The van der Waals surface area contributed by atoms with Crippen LogP contribution in [0.5, 0.6) is 0 Å². The molecule has 0 radical (unpaired) electrons. The Hall–Kier alpha value is -0.960. The fraction of sp³-hybridized carbons (Fsp3) is 0.167. The summed E-state index contributed by atoms with van der Waals surface area (Å²) < 4.78 is 39.6. The molecule has 0 saturated heterocycles. The van der Waals surface area contributed by atoms with E-state index in [4.69, 9.17) is 5.73 Å². The van der Waals surface area contributed by atoms with Crippen molar-refractivity contribution in [2.24, 2.45) is 0 Å². The van der Waals surface area contributed by atoms with Crippen molar-refractivity contribution in [2.45, 2.75) is 11.4 Å². The number of nitrogen functional groups attached to an aromatic ring is 1. The highest BCUT2D eigenvalue weighted by atomic mass is 79.9. The minimum absolute atomic E-state index is 0.0459. The summed E-state index contributed by atoms with van der Waals surface area (Å²) in [4.78, 5) is 0.873. The molecule has 1 aromatic carbocycles. The Balaban J connectivity index is 2.37. The van der Waals surface area contributed by atoms with Crippen molar-refractivity contribution in [2.75, 3.05) is 12.8 Å². The molecule has 0 aliphatic carbocycles. The zero-order valence-corrected chi connectivity index (χ0v) is 13.7. The molecule has 0 bridgehead atoms. The van der Waals surface area contributed by atoms with Crippen LogP contribution >= 0.6 is 27.3 Å². The fourth-order valence-electron chi connectivity index (χ4n) is 1.62. The van der Waals surface area contributed by atoms with Crippen LogP contribution in [-0.4, -0.2) is 19.8 Å². The van der Waals surface area contributed by atoms with E-state index in [1.54, 1.807) is 0 Å². The van der Waals surface area contributed by atoms with Gasteiger partial charge in [0.2, 0.25) is 10.0 Å². The summed E-state index contributed by atoms with van der Waals surface area (Å²) in [5.74, 6) is -0.656. The number of nitrogens with two attached hydrogens (primary N) is 1. The normalized spacial score (nSPS) is 12.0. The minimum Gasteiger partial charge on any atom is -0.396 e. The molecule has 20 heavy (non-hydrogen) atoms. The maximum absolute atomic E-state index is 13.3. The van der Waals surface area contributed by atoms with Crippen molar-refractivity contribution in [1.29, 1.82) is 0 Å². The van der Waals surface area contributed by atoms with E-state index in [0.29, 0.717) is 0 Å². The van der Waals surface area contributed by atoms with Gasteiger partial charge in [-0.1, -0.05) is 6.07 Å². The summed E-state index contributed by atoms with van der Waals surface area (Å²) in [6.07, 6.45) is 0. The molecular formula is C12H12BrFN2O2S2. The Bertz CT molecular complexity index is 717. The lowest BCUT2D eigenvalue weighted by atomic mass is 10.3. The zero-order valence-electron chi connectivity index (χ0n) is 10.5. The third kappa shape index (κ3) is 3.03. The van der Waals surface area contributed by atoms with Gasteiger partial charge in [-0.25, -0.2) is 12.8 Å². The second-order valence-corrected chi connectivity index (χ2v) is 8.04. The van der Waals surface area contributed by atoms with Gasteiger partial charge >= 0.3 is 0 Å². The number of anilines is 1. The maximum atomic E-state index is 13.3. The van der Waals surface area contributed by atoms with Gasteiger partial charge in [-0.15, -0.1) is 11.3 Å². The topological polar surface area (TPSA) is 63.4 Å². The average Bonchev–Trinajstić information content (AvgIpc) is 2.86. The molecule has 0 spiro atoms. The Kier molecular flexibility index (Phi) is 4.48. The molecule has 2 rings (SSSR count). The van der Waals surface area contributed by atoms with Crippen molar-refractivity contribution >= 4 is 43.0 Å². The van der Waals surface area contributed by atoms with Gasteiger partial charge in [0.15, 0.2) is 0 Å². The Morgan fingerprint density at radius 3 is 2.75 bits per heavy atom. The van der Waals surface area contributed by atoms with Crippen molar-refractivity contribution in [1.82, 2.24) is 4.31 Å². The van der Waals surface area contributed by atoms with Crippen LogP contribution < -0.4 is 5.73 Å². The summed E-state index contributed by atoms with van der Waals surface area (Å²) in [6, 6.07) is 5.89. The smallest absolute Gasteiger partial charge is 0.244 e. The van der Waals surface area contributed by atoms with Crippen LogP contribution in [0.3, 0.4) is 0 Å². The van der Waals surface area contributed by atoms with E-state index in [9.17, 15) is 12.8 Å². The molecular weight excluding hydrogens is 367 g/mol. The monoisotopic (exact) mass is 378 g/mol. The molecule has 0 atom stereocenters. The van der Waals surface area contributed by atoms with E-state index >= 15 is 0 Å². The standard InChI is InChI=1S/C12H12BrFN2O2S2/c1-16(7-8-3-2-4-19-8)20(17,18)12-6-11(15)10(14)5-9(12)13/h2-6H,7,15H2,1H3. The summed E-state index contributed by atoms with van der Waals surface area (Å²) in [7, 11) is -2.27. The van der Waals surface area contributed by atoms with Gasteiger partial charge in [0.25, 0.3) is 0 Å². The third-order valence-corrected chi connectivity index (χ3v) is 6.32. The summed E-state index contributed by atoms with van der Waals surface area (Å²) in [6.45, 7) is 0.254. The van der Waals surface area contributed by atoms with Gasteiger partial charge in [-0.2, -0.15) is 4.31 Å². The summed E-state index contributed by atoms with van der Waals surface area (Å²) in [5, 5.41) is 1.88. The van der Waals surface area contributed by atoms with Gasteiger partial charge in [0, 0.05) is 22.9 Å². The molecule has 0 aliphatic rings. The highest BCUT2D eigenvalue weighted by Gasteiger charge is 2.25. The van der Waals surface area contributed by atoms with Crippen molar-refractivity contribution in [3.05, 3.63) is 44.8 Å². The number of benzene rings is 1. The number of hydrogen-bond acceptors (Lipinski definition) is 4. The van der Waals surface area contributed by atoms with Gasteiger partial charge in [0.05, 0.1) is 10.6 Å². The Labute approximate surface area is 129 Å². The van der Waals surface area contributed by atoms with Crippen LogP contribution in [0, 0.1) is 5.82 Å². The van der Waals surface area contributed by atoms with Crippen LogP contribution in [-0.2, 0) is 16.6 Å². The van der Waals surface area contributed by atoms with Crippen LogP contribution in [0.2, 0.25) is 0 Å². The lowest BCUT2D eigenvalue weighted by molar-refractivity contribution is 0.469. The van der Waals surface area contributed by atoms with Gasteiger partial charge in [-0.3, -0.25) is 0 Å². The maximum Gasteiger partial charge on any atom is 0.244 e. The second-order valence-electron chi connectivity index (χ2n) is 4.14. The third-order valence-electron chi connectivity index (χ3n) is 2.70. The van der Waals surface area contributed by atoms with Crippen molar-refractivity contribution in [3.63, 3.8) is 0 Å². The SMILES string of the molecule is CN(Cc1cccs1)S(=O)(=O)c1cc(N)c(F)cc1Br. The van der Waals surface area contributed by atoms with E-state index in [0.717, 1.165) is 17.0 Å². The number of halogens is 2. The lowest BCUT2D eigenvalue weighted by Gasteiger charge is -2.17. The highest BCUT2D eigenvalue weighted by Crippen LogP contribution is 2.29. The molecule has 0 saturated carbocycles. The second kappa shape index (κ2) is 5.80. The minimum atomic E-state index is -3.74. The van der Waals surface area contributed by atoms with Crippen LogP contribution in [0.25, 0.3) is 0 Å². The highest BCUT2D eigenvalue weighted by molar-refractivity contribution is 9.10. The number of hydrogen-bond donors (Lipinski definition) is 1. The molecule has 1 aromatic heterocycles. The zero-order chi connectivity index (χ0) is 14.9. The predicted octanol–water partition coefficient (Wildman–Crippen LogP) is 3.05. The Morgan fingerprint density at radius 1 is 1.45 bits per heavy atom. The molecule has 108 valence electrons. The fourth-order valence-corrected chi connectivity index (χ4v) is 4.61. The van der Waals surface area contributed by atoms with E-state index in [1.165, 1.54) is 22.7 Å².